The minimum atomic E-state index is 0.796. The smallest absolute Gasteiger partial charge is 0.128 e. The van der Waals surface area contributed by atoms with Crippen molar-refractivity contribution in [2.45, 2.75) is 31.7 Å². The van der Waals surface area contributed by atoms with Crippen LogP contribution in [-0.2, 0) is 0 Å². The highest BCUT2D eigenvalue weighted by atomic mass is 15.2. The van der Waals surface area contributed by atoms with Gasteiger partial charge in [-0.05, 0) is 43.7 Å². The van der Waals surface area contributed by atoms with Crippen molar-refractivity contribution in [1.82, 2.24) is 4.98 Å². The van der Waals surface area contributed by atoms with E-state index in [-0.39, 0.29) is 0 Å². The number of rotatable bonds is 2. The van der Waals surface area contributed by atoms with Gasteiger partial charge >= 0.3 is 0 Å². The van der Waals surface area contributed by atoms with Crippen molar-refractivity contribution >= 4 is 5.82 Å². The Hall–Kier alpha value is -1.05. The fraction of sp³-hybridized carbons (Fsp3) is 0.583. The molecule has 2 heteroatoms. The molecule has 1 aliphatic carbocycles. The third-order valence-corrected chi connectivity index (χ3v) is 3.41. The summed E-state index contributed by atoms with van der Waals surface area (Å²) in [4.78, 5) is 6.96. The lowest BCUT2D eigenvalue weighted by molar-refractivity contribution is 0.588. The Kier molecular flexibility index (Phi) is 1.93. The van der Waals surface area contributed by atoms with Crippen molar-refractivity contribution in [3.63, 3.8) is 0 Å². The molecule has 3 rings (SSSR count). The van der Waals surface area contributed by atoms with Gasteiger partial charge in [-0.1, -0.05) is 6.07 Å². The molecule has 1 saturated carbocycles. The first kappa shape index (κ1) is 8.27. The van der Waals surface area contributed by atoms with Crippen LogP contribution < -0.4 is 4.90 Å². The zero-order valence-corrected chi connectivity index (χ0v) is 8.39. The van der Waals surface area contributed by atoms with E-state index in [0.717, 1.165) is 12.0 Å². The minimum absolute atomic E-state index is 0.796. The number of hydrogen-bond acceptors (Lipinski definition) is 2. The number of aromatic nitrogens is 1. The van der Waals surface area contributed by atoms with E-state index >= 15 is 0 Å². The largest absolute Gasteiger partial charge is 0.353 e. The third-order valence-electron chi connectivity index (χ3n) is 3.41. The monoisotopic (exact) mass is 188 g/mol. The maximum atomic E-state index is 4.45. The van der Waals surface area contributed by atoms with E-state index in [1.807, 2.05) is 12.3 Å². The molecule has 2 nitrogen and oxygen atoms in total. The normalized spacial score (nSPS) is 26.9. The van der Waals surface area contributed by atoms with E-state index in [0.29, 0.717) is 0 Å². The lowest BCUT2D eigenvalue weighted by Crippen LogP contribution is -2.31. The van der Waals surface area contributed by atoms with E-state index in [1.54, 1.807) is 0 Å². The molecule has 0 amide bonds. The van der Waals surface area contributed by atoms with Gasteiger partial charge in [0.2, 0.25) is 0 Å². The fourth-order valence-electron chi connectivity index (χ4n) is 2.57. The van der Waals surface area contributed by atoms with E-state index in [4.69, 9.17) is 0 Å². The quantitative estimate of drug-likeness (QED) is 0.708. The summed E-state index contributed by atoms with van der Waals surface area (Å²) in [7, 11) is 0. The molecule has 2 heterocycles. The molecule has 1 aromatic rings. The van der Waals surface area contributed by atoms with E-state index in [1.165, 1.54) is 38.0 Å². The maximum absolute atomic E-state index is 4.45. The summed E-state index contributed by atoms with van der Waals surface area (Å²) in [5.74, 6) is 2.15. The van der Waals surface area contributed by atoms with Gasteiger partial charge in [0, 0.05) is 18.8 Å². The molecule has 1 aliphatic heterocycles. The second-order valence-corrected chi connectivity index (χ2v) is 4.43. The molecule has 2 fully saturated rings. The number of pyridine rings is 1. The lowest BCUT2D eigenvalue weighted by atomic mass is 10.1. The van der Waals surface area contributed by atoms with Crippen molar-refractivity contribution < 1.29 is 0 Å². The van der Waals surface area contributed by atoms with Crippen molar-refractivity contribution in [2.75, 3.05) is 11.4 Å². The van der Waals surface area contributed by atoms with Crippen LogP contribution in [0.4, 0.5) is 5.82 Å². The van der Waals surface area contributed by atoms with Gasteiger partial charge in [0.05, 0.1) is 0 Å². The molecule has 2 aliphatic rings. The first-order chi connectivity index (χ1) is 6.95. The van der Waals surface area contributed by atoms with Crippen LogP contribution in [0.25, 0.3) is 0 Å². The minimum Gasteiger partial charge on any atom is -0.353 e. The van der Waals surface area contributed by atoms with Gasteiger partial charge in [-0.3, -0.25) is 0 Å². The number of nitrogens with zero attached hydrogens (tertiary/aromatic N) is 2. The summed E-state index contributed by atoms with van der Waals surface area (Å²) in [6.07, 6.45) is 7.50. The average molecular weight is 188 g/mol. The van der Waals surface area contributed by atoms with Gasteiger partial charge in [0.1, 0.15) is 5.82 Å². The maximum Gasteiger partial charge on any atom is 0.128 e. The van der Waals surface area contributed by atoms with Crippen molar-refractivity contribution in [2.24, 2.45) is 5.92 Å². The highest BCUT2D eigenvalue weighted by molar-refractivity contribution is 5.41. The summed E-state index contributed by atoms with van der Waals surface area (Å²) in [6, 6.07) is 7.02. The van der Waals surface area contributed by atoms with Crippen LogP contribution >= 0.6 is 0 Å². The molecule has 0 bridgehead atoms. The predicted octanol–water partition coefficient (Wildman–Crippen LogP) is 2.46. The Morgan fingerprint density at radius 3 is 2.86 bits per heavy atom. The Morgan fingerprint density at radius 1 is 1.21 bits per heavy atom. The van der Waals surface area contributed by atoms with Gasteiger partial charge in [0.25, 0.3) is 0 Å². The zero-order valence-electron chi connectivity index (χ0n) is 8.39. The van der Waals surface area contributed by atoms with Gasteiger partial charge in [-0.2, -0.15) is 0 Å². The van der Waals surface area contributed by atoms with Crippen LogP contribution in [0.3, 0.4) is 0 Å². The summed E-state index contributed by atoms with van der Waals surface area (Å²) in [5, 5.41) is 0. The molecule has 0 unspecified atom stereocenters. The average Bonchev–Trinajstić information content (AvgIpc) is 2.98. The number of hydrogen-bond donors (Lipinski definition) is 0. The van der Waals surface area contributed by atoms with Gasteiger partial charge in [-0.25, -0.2) is 4.98 Å². The molecule has 1 aromatic heterocycles. The second kappa shape index (κ2) is 3.26. The Labute approximate surface area is 85.0 Å². The standard InChI is InChI=1S/C12H16N2/c1-2-8-13-12(5-1)14-9-3-4-11(14)10-6-7-10/h1-2,5,8,10-11H,3-4,6-7,9H2/t11-/m0/s1. The van der Waals surface area contributed by atoms with Crippen LogP contribution in [-0.4, -0.2) is 17.6 Å². The molecular formula is C12H16N2. The predicted molar refractivity (Wildman–Crippen MR) is 57.3 cm³/mol. The summed E-state index contributed by atoms with van der Waals surface area (Å²) in [5.41, 5.74) is 0. The van der Waals surface area contributed by atoms with Crippen LogP contribution in [0.1, 0.15) is 25.7 Å². The molecule has 1 atom stereocenters. The van der Waals surface area contributed by atoms with Crippen molar-refractivity contribution in [1.29, 1.82) is 0 Å². The molecule has 0 aromatic carbocycles. The molecular weight excluding hydrogens is 172 g/mol. The summed E-state index contributed by atoms with van der Waals surface area (Å²) < 4.78 is 0. The molecule has 1 saturated heterocycles. The Bertz CT molecular complexity index is 305. The van der Waals surface area contributed by atoms with E-state index in [2.05, 4.69) is 22.0 Å². The lowest BCUT2D eigenvalue weighted by Gasteiger charge is -2.25. The zero-order chi connectivity index (χ0) is 9.38. The molecule has 74 valence electrons. The van der Waals surface area contributed by atoms with E-state index < -0.39 is 0 Å². The van der Waals surface area contributed by atoms with Crippen molar-refractivity contribution in [3.8, 4) is 0 Å². The fourth-order valence-corrected chi connectivity index (χ4v) is 2.57. The molecule has 0 radical (unpaired) electrons. The van der Waals surface area contributed by atoms with Crippen LogP contribution in [0, 0.1) is 5.92 Å². The summed E-state index contributed by atoms with van der Waals surface area (Å²) >= 11 is 0. The van der Waals surface area contributed by atoms with Crippen LogP contribution in [0.5, 0.6) is 0 Å². The molecule has 14 heavy (non-hydrogen) atoms. The van der Waals surface area contributed by atoms with Gasteiger partial charge in [-0.15, -0.1) is 0 Å². The summed E-state index contributed by atoms with van der Waals surface area (Å²) in [6.45, 7) is 1.21. The highest BCUT2D eigenvalue weighted by Gasteiger charge is 2.38. The van der Waals surface area contributed by atoms with Crippen LogP contribution in [0.15, 0.2) is 24.4 Å². The topological polar surface area (TPSA) is 16.1 Å². The number of anilines is 1. The molecule has 0 spiro atoms. The Morgan fingerprint density at radius 2 is 2.14 bits per heavy atom. The van der Waals surface area contributed by atoms with E-state index in [9.17, 15) is 0 Å². The van der Waals surface area contributed by atoms with Gasteiger partial charge < -0.3 is 4.90 Å². The van der Waals surface area contributed by atoms with Crippen molar-refractivity contribution in [3.05, 3.63) is 24.4 Å². The Balaban J connectivity index is 1.83. The SMILES string of the molecule is c1ccc(N2CCC[C@H]2C2CC2)nc1. The first-order valence-corrected chi connectivity index (χ1v) is 5.63. The second-order valence-electron chi connectivity index (χ2n) is 4.43. The molecule has 0 N–H and O–H groups in total. The highest BCUT2D eigenvalue weighted by Crippen LogP contribution is 2.41. The first-order valence-electron chi connectivity index (χ1n) is 5.63. The van der Waals surface area contributed by atoms with Gasteiger partial charge in [0.15, 0.2) is 0 Å². The van der Waals surface area contributed by atoms with Crippen LogP contribution in [0.2, 0.25) is 0 Å². The third kappa shape index (κ3) is 1.39.